The first-order valence-electron chi connectivity index (χ1n) is 3.59. The molecule has 2 heteroatoms. The molecule has 0 aliphatic heterocycles. The fourth-order valence-corrected chi connectivity index (χ4v) is 0.842. The van der Waals surface area contributed by atoms with Crippen molar-refractivity contribution in [1.82, 2.24) is 4.98 Å². The first-order valence-corrected chi connectivity index (χ1v) is 3.59. The minimum absolute atomic E-state index is 0.783. The highest BCUT2D eigenvalue weighted by Gasteiger charge is 1.88. The Kier molecular flexibility index (Phi) is 2.66. The van der Waals surface area contributed by atoms with Gasteiger partial charge in [0.1, 0.15) is 0 Å². The maximum absolute atomic E-state index is 4.04. The van der Waals surface area contributed by atoms with Gasteiger partial charge in [0.05, 0.1) is 5.69 Å². The van der Waals surface area contributed by atoms with Crippen LogP contribution in [0.25, 0.3) is 0 Å². The van der Waals surface area contributed by atoms with E-state index in [1.165, 1.54) is 5.56 Å². The smallest absolute Gasteiger partial charge is 0.0531 e. The van der Waals surface area contributed by atoms with Crippen LogP contribution in [0.15, 0.2) is 31.1 Å². The standard InChI is InChI=1S/C9H12N2/c1-3-4-11-9-5-8(2)6-10-7-9/h3,5-7,11H,1,4H2,2H3. The molecule has 0 bridgehead atoms. The lowest BCUT2D eigenvalue weighted by molar-refractivity contribution is 1.23. The molecule has 0 amide bonds. The summed E-state index contributed by atoms with van der Waals surface area (Å²) in [7, 11) is 0. The number of nitrogens with one attached hydrogen (secondary N) is 1. The van der Waals surface area contributed by atoms with E-state index in [0.29, 0.717) is 0 Å². The van der Waals surface area contributed by atoms with Crippen molar-refractivity contribution in [2.45, 2.75) is 6.92 Å². The minimum Gasteiger partial charge on any atom is -0.380 e. The van der Waals surface area contributed by atoms with E-state index in [-0.39, 0.29) is 0 Å². The Morgan fingerprint density at radius 3 is 3.09 bits per heavy atom. The first-order chi connectivity index (χ1) is 5.33. The number of hydrogen-bond donors (Lipinski definition) is 1. The van der Waals surface area contributed by atoms with Gasteiger partial charge in [-0.15, -0.1) is 6.58 Å². The first kappa shape index (κ1) is 7.79. The van der Waals surface area contributed by atoms with Gasteiger partial charge in [0, 0.05) is 18.9 Å². The summed E-state index contributed by atoms with van der Waals surface area (Å²) in [4.78, 5) is 4.04. The molecule has 11 heavy (non-hydrogen) atoms. The third kappa shape index (κ3) is 2.42. The summed E-state index contributed by atoms with van der Waals surface area (Å²) < 4.78 is 0. The van der Waals surface area contributed by atoms with Gasteiger partial charge in [-0.05, 0) is 18.6 Å². The van der Waals surface area contributed by atoms with Crippen LogP contribution >= 0.6 is 0 Å². The van der Waals surface area contributed by atoms with Crippen LogP contribution in [0.3, 0.4) is 0 Å². The van der Waals surface area contributed by atoms with Gasteiger partial charge in [-0.3, -0.25) is 4.98 Å². The number of hydrogen-bond acceptors (Lipinski definition) is 2. The molecule has 1 rings (SSSR count). The SMILES string of the molecule is C=CCNc1cncc(C)c1. The predicted octanol–water partition coefficient (Wildman–Crippen LogP) is 1.99. The fraction of sp³-hybridized carbons (Fsp3) is 0.222. The number of aryl methyl sites for hydroxylation is 1. The zero-order chi connectivity index (χ0) is 8.10. The second-order valence-corrected chi connectivity index (χ2v) is 2.42. The van der Waals surface area contributed by atoms with Crippen LogP contribution in [-0.4, -0.2) is 11.5 Å². The van der Waals surface area contributed by atoms with Crippen molar-refractivity contribution in [3.05, 3.63) is 36.7 Å². The Bertz CT molecular complexity index is 243. The maximum Gasteiger partial charge on any atom is 0.0531 e. The molecule has 2 nitrogen and oxygen atoms in total. The molecule has 0 atom stereocenters. The average molecular weight is 148 g/mol. The van der Waals surface area contributed by atoms with Crippen LogP contribution < -0.4 is 5.32 Å². The minimum atomic E-state index is 0.783. The number of nitrogens with zero attached hydrogens (tertiary/aromatic N) is 1. The fourth-order valence-electron chi connectivity index (χ4n) is 0.842. The zero-order valence-electron chi connectivity index (χ0n) is 6.67. The Hall–Kier alpha value is -1.31. The van der Waals surface area contributed by atoms with E-state index in [0.717, 1.165) is 12.2 Å². The molecule has 1 N–H and O–H groups in total. The van der Waals surface area contributed by atoms with E-state index >= 15 is 0 Å². The second-order valence-electron chi connectivity index (χ2n) is 2.42. The highest BCUT2D eigenvalue weighted by Crippen LogP contribution is 2.05. The lowest BCUT2D eigenvalue weighted by Crippen LogP contribution is -1.97. The van der Waals surface area contributed by atoms with Crippen LogP contribution in [-0.2, 0) is 0 Å². The molecule has 0 saturated heterocycles. The molecule has 0 radical (unpaired) electrons. The average Bonchev–Trinajstić information content (AvgIpc) is 2.01. The van der Waals surface area contributed by atoms with Crippen LogP contribution in [0.2, 0.25) is 0 Å². The molecule has 0 spiro atoms. The van der Waals surface area contributed by atoms with Crippen molar-refractivity contribution >= 4 is 5.69 Å². The van der Waals surface area contributed by atoms with Gasteiger partial charge in [0.25, 0.3) is 0 Å². The van der Waals surface area contributed by atoms with Gasteiger partial charge in [-0.2, -0.15) is 0 Å². The molecule has 1 aromatic rings. The highest BCUT2D eigenvalue weighted by molar-refractivity contribution is 5.42. The summed E-state index contributed by atoms with van der Waals surface area (Å²) in [5.41, 5.74) is 2.21. The summed E-state index contributed by atoms with van der Waals surface area (Å²) in [6.07, 6.45) is 5.46. The largest absolute Gasteiger partial charge is 0.380 e. The number of anilines is 1. The third-order valence-corrected chi connectivity index (χ3v) is 1.33. The number of rotatable bonds is 3. The van der Waals surface area contributed by atoms with Crippen molar-refractivity contribution in [3.63, 3.8) is 0 Å². The summed E-state index contributed by atoms with van der Waals surface area (Å²) >= 11 is 0. The molecule has 0 unspecified atom stereocenters. The third-order valence-electron chi connectivity index (χ3n) is 1.33. The van der Waals surface area contributed by atoms with E-state index < -0.39 is 0 Å². The van der Waals surface area contributed by atoms with Crippen LogP contribution in [0.4, 0.5) is 5.69 Å². The molecule has 1 heterocycles. The van der Waals surface area contributed by atoms with E-state index in [1.807, 2.05) is 19.2 Å². The molecule has 0 saturated carbocycles. The Morgan fingerprint density at radius 2 is 2.45 bits per heavy atom. The van der Waals surface area contributed by atoms with Crippen LogP contribution in [0.1, 0.15) is 5.56 Å². The topological polar surface area (TPSA) is 24.9 Å². The lowest BCUT2D eigenvalue weighted by atomic mass is 10.3. The van der Waals surface area contributed by atoms with Gasteiger partial charge in [0.15, 0.2) is 0 Å². The predicted molar refractivity (Wildman–Crippen MR) is 47.7 cm³/mol. The quantitative estimate of drug-likeness (QED) is 0.663. The molecule has 58 valence electrons. The van der Waals surface area contributed by atoms with Crippen molar-refractivity contribution in [3.8, 4) is 0 Å². The highest BCUT2D eigenvalue weighted by atomic mass is 14.9. The van der Waals surface area contributed by atoms with Gasteiger partial charge < -0.3 is 5.32 Å². The summed E-state index contributed by atoms with van der Waals surface area (Å²) in [6.45, 7) is 6.42. The Labute approximate surface area is 67.0 Å². The number of pyridine rings is 1. The van der Waals surface area contributed by atoms with Gasteiger partial charge in [0.2, 0.25) is 0 Å². The molecule has 0 fully saturated rings. The Morgan fingerprint density at radius 1 is 1.64 bits per heavy atom. The molecule has 0 aromatic carbocycles. The van der Waals surface area contributed by atoms with E-state index in [9.17, 15) is 0 Å². The molecule has 0 aliphatic carbocycles. The summed E-state index contributed by atoms with van der Waals surface area (Å²) in [5, 5.41) is 3.15. The molecular formula is C9H12N2. The van der Waals surface area contributed by atoms with Crippen LogP contribution in [0.5, 0.6) is 0 Å². The summed E-state index contributed by atoms with van der Waals surface area (Å²) in [6, 6.07) is 2.05. The monoisotopic (exact) mass is 148 g/mol. The molecule has 1 aromatic heterocycles. The van der Waals surface area contributed by atoms with Crippen molar-refractivity contribution in [2.24, 2.45) is 0 Å². The van der Waals surface area contributed by atoms with E-state index in [1.54, 1.807) is 6.20 Å². The maximum atomic E-state index is 4.04. The van der Waals surface area contributed by atoms with E-state index in [4.69, 9.17) is 0 Å². The number of aromatic nitrogens is 1. The zero-order valence-corrected chi connectivity index (χ0v) is 6.67. The van der Waals surface area contributed by atoms with Crippen LogP contribution in [0, 0.1) is 6.92 Å². The van der Waals surface area contributed by atoms with Gasteiger partial charge in [-0.1, -0.05) is 6.08 Å². The van der Waals surface area contributed by atoms with Crippen molar-refractivity contribution in [2.75, 3.05) is 11.9 Å². The summed E-state index contributed by atoms with van der Waals surface area (Å²) in [5.74, 6) is 0. The second kappa shape index (κ2) is 3.76. The van der Waals surface area contributed by atoms with Crippen molar-refractivity contribution in [1.29, 1.82) is 0 Å². The van der Waals surface area contributed by atoms with E-state index in [2.05, 4.69) is 22.9 Å². The Balaban J connectivity index is 2.63. The normalized spacial score (nSPS) is 9.18. The van der Waals surface area contributed by atoms with Gasteiger partial charge >= 0.3 is 0 Å². The molecule has 0 aliphatic rings. The van der Waals surface area contributed by atoms with Crippen molar-refractivity contribution < 1.29 is 0 Å². The lowest BCUT2D eigenvalue weighted by Gasteiger charge is -2.01. The van der Waals surface area contributed by atoms with Gasteiger partial charge in [-0.25, -0.2) is 0 Å². The molecular weight excluding hydrogens is 136 g/mol.